The van der Waals surface area contributed by atoms with Crippen molar-refractivity contribution in [2.75, 3.05) is 12.4 Å². The summed E-state index contributed by atoms with van der Waals surface area (Å²) in [6.07, 6.45) is 1.74. The molecule has 10 heteroatoms. The van der Waals surface area contributed by atoms with E-state index in [9.17, 15) is 17.6 Å². The van der Waals surface area contributed by atoms with Crippen molar-refractivity contribution < 1.29 is 26.5 Å². The van der Waals surface area contributed by atoms with E-state index >= 15 is 0 Å². The van der Waals surface area contributed by atoms with Gasteiger partial charge in [-0.25, -0.2) is 19.2 Å². The Kier molecular flexibility index (Phi) is 7.27. The molecule has 0 bridgehead atoms. The van der Waals surface area contributed by atoms with Gasteiger partial charge in [0, 0.05) is 18.1 Å². The third-order valence-corrected chi connectivity index (χ3v) is 6.31. The molecule has 1 atom stereocenters. The molecule has 33 heavy (non-hydrogen) atoms. The van der Waals surface area contributed by atoms with Crippen molar-refractivity contribution in [1.82, 2.24) is 9.97 Å². The van der Waals surface area contributed by atoms with E-state index in [4.69, 9.17) is 8.92 Å². The predicted octanol–water partition coefficient (Wildman–Crippen LogP) is 3.75. The number of carbonyl (C=O) groups is 1. The van der Waals surface area contributed by atoms with E-state index in [1.807, 2.05) is 30.3 Å². The molecule has 174 valence electrons. The first-order valence-electron chi connectivity index (χ1n) is 10.0. The van der Waals surface area contributed by atoms with E-state index in [0.717, 1.165) is 19.4 Å². The molecule has 0 amide bonds. The maximum atomic E-state index is 13.8. The lowest BCUT2D eigenvalue weighted by Crippen LogP contribution is -2.33. The molecule has 0 aliphatic heterocycles. The highest BCUT2D eigenvalue weighted by atomic mass is 32.2. The van der Waals surface area contributed by atoms with E-state index in [1.165, 1.54) is 25.6 Å². The van der Waals surface area contributed by atoms with Crippen LogP contribution in [0.2, 0.25) is 0 Å². The van der Waals surface area contributed by atoms with E-state index in [2.05, 4.69) is 15.3 Å². The number of hydrogen-bond acceptors (Lipinski definition) is 8. The monoisotopic (exact) mass is 473 g/mol. The molecule has 0 fully saturated rings. The molecular formula is C23H24FN3O5S. The summed E-state index contributed by atoms with van der Waals surface area (Å²) in [5, 5.41) is 0.543. The summed E-state index contributed by atoms with van der Waals surface area (Å²) in [5.41, 5.74) is 2.12. The number of rotatable bonds is 9. The zero-order valence-electron chi connectivity index (χ0n) is 18.4. The van der Waals surface area contributed by atoms with Crippen LogP contribution in [0.3, 0.4) is 0 Å². The van der Waals surface area contributed by atoms with E-state index in [-0.39, 0.29) is 5.75 Å². The quantitative estimate of drug-likeness (QED) is 0.370. The first-order valence-corrected chi connectivity index (χ1v) is 11.4. The summed E-state index contributed by atoms with van der Waals surface area (Å²) in [5.74, 6) is -0.0450. The van der Waals surface area contributed by atoms with Crippen LogP contribution in [0.15, 0.2) is 67.0 Å². The number of methoxy groups -OCH3 is 1. The number of aromatic nitrogens is 2. The summed E-state index contributed by atoms with van der Waals surface area (Å²) in [6.45, 7) is 1.82. The van der Waals surface area contributed by atoms with Crippen LogP contribution in [-0.2, 0) is 26.1 Å². The molecule has 1 unspecified atom stereocenters. The van der Waals surface area contributed by atoms with Gasteiger partial charge in [-0.2, -0.15) is 8.42 Å². The standard InChI is InChI=1S/C23H24FN3O5S/c1-23(2,24)33(29,30)32-18-11-9-17(10-12-18)19-14-21(26-15-25-19)27-20(22(28)31-3)13-16-7-5-4-6-8-16/h4-12,14-15,20H,13H2,1-3H3,(H,25,26,27). The number of ether oxygens (including phenoxy) is 1. The SMILES string of the molecule is COC(=O)C(Cc1ccccc1)Nc1cc(-c2ccc(OS(=O)(=O)C(C)(C)F)cc2)ncn1. The number of benzene rings is 2. The number of anilines is 1. The second-order valence-electron chi connectivity index (χ2n) is 7.62. The highest BCUT2D eigenvalue weighted by molar-refractivity contribution is 7.88. The number of carbonyl (C=O) groups excluding carboxylic acids is 1. The van der Waals surface area contributed by atoms with E-state index in [0.29, 0.717) is 23.5 Å². The fourth-order valence-electron chi connectivity index (χ4n) is 2.86. The van der Waals surface area contributed by atoms with Gasteiger partial charge < -0.3 is 14.2 Å². The van der Waals surface area contributed by atoms with Crippen molar-refractivity contribution in [1.29, 1.82) is 0 Å². The lowest BCUT2D eigenvalue weighted by Gasteiger charge is -2.17. The molecule has 8 nitrogen and oxygen atoms in total. The second kappa shape index (κ2) is 9.95. The predicted molar refractivity (Wildman–Crippen MR) is 122 cm³/mol. The van der Waals surface area contributed by atoms with Crippen molar-refractivity contribution in [2.45, 2.75) is 31.3 Å². The Hall–Kier alpha value is -3.53. The van der Waals surface area contributed by atoms with Crippen LogP contribution in [0, 0.1) is 0 Å². The molecule has 3 rings (SSSR count). The molecule has 0 saturated carbocycles. The van der Waals surface area contributed by atoms with Gasteiger partial charge >= 0.3 is 16.1 Å². The molecular weight excluding hydrogens is 449 g/mol. The van der Waals surface area contributed by atoms with Crippen molar-refractivity contribution in [3.05, 3.63) is 72.6 Å². The Morgan fingerprint density at radius 1 is 1.09 bits per heavy atom. The Morgan fingerprint density at radius 2 is 1.76 bits per heavy atom. The molecule has 0 aliphatic rings. The zero-order valence-corrected chi connectivity index (χ0v) is 19.2. The average molecular weight is 474 g/mol. The van der Waals surface area contributed by atoms with Gasteiger partial charge in [-0.15, -0.1) is 0 Å². The van der Waals surface area contributed by atoms with Gasteiger partial charge in [0.1, 0.15) is 23.9 Å². The zero-order chi connectivity index (χ0) is 24.1. The number of nitrogens with zero attached hydrogens (tertiary/aromatic N) is 2. The summed E-state index contributed by atoms with van der Waals surface area (Å²) in [7, 11) is -3.11. The minimum atomic E-state index is -4.43. The minimum Gasteiger partial charge on any atom is -0.467 e. The highest BCUT2D eigenvalue weighted by Crippen LogP contribution is 2.26. The van der Waals surface area contributed by atoms with Crippen molar-refractivity contribution in [3.8, 4) is 17.0 Å². The first kappa shape index (κ1) is 24.1. The van der Waals surface area contributed by atoms with Gasteiger partial charge in [0.15, 0.2) is 0 Å². The highest BCUT2D eigenvalue weighted by Gasteiger charge is 2.36. The van der Waals surface area contributed by atoms with Gasteiger partial charge in [0.05, 0.1) is 12.8 Å². The van der Waals surface area contributed by atoms with E-state index in [1.54, 1.807) is 18.2 Å². The van der Waals surface area contributed by atoms with Gasteiger partial charge in [-0.05, 0) is 43.7 Å². The number of nitrogens with one attached hydrogen (secondary N) is 1. The normalized spacial score (nSPS) is 12.6. The number of halogens is 1. The molecule has 2 aromatic carbocycles. The van der Waals surface area contributed by atoms with Crippen LogP contribution in [0.4, 0.5) is 10.2 Å². The minimum absolute atomic E-state index is 0.0227. The summed E-state index contributed by atoms with van der Waals surface area (Å²) < 4.78 is 47.3. The summed E-state index contributed by atoms with van der Waals surface area (Å²) >= 11 is 0. The van der Waals surface area contributed by atoms with Gasteiger partial charge in [-0.3, -0.25) is 0 Å². The van der Waals surface area contributed by atoms with Crippen molar-refractivity contribution in [2.24, 2.45) is 0 Å². The number of alkyl halides is 1. The van der Waals surface area contributed by atoms with Crippen LogP contribution in [0.25, 0.3) is 11.3 Å². The Balaban J connectivity index is 1.77. The number of hydrogen-bond donors (Lipinski definition) is 1. The van der Waals surface area contributed by atoms with Crippen LogP contribution in [0.1, 0.15) is 19.4 Å². The number of esters is 1. The van der Waals surface area contributed by atoms with Crippen LogP contribution < -0.4 is 9.50 Å². The Bertz CT molecular complexity index is 1200. The molecule has 1 aromatic heterocycles. The average Bonchev–Trinajstić information content (AvgIpc) is 2.78. The maximum Gasteiger partial charge on any atom is 0.344 e. The van der Waals surface area contributed by atoms with Crippen molar-refractivity contribution >= 4 is 21.9 Å². The van der Waals surface area contributed by atoms with Crippen LogP contribution in [-0.4, -0.2) is 42.5 Å². The van der Waals surface area contributed by atoms with E-state index < -0.39 is 27.1 Å². The van der Waals surface area contributed by atoms with Crippen LogP contribution in [0.5, 0.6) is 5.75 Å². The topological polar surface area (TPSA) is 107 Å². The van der Waals surface area contributed by atoms with Gasteiger partial charge in [-0.1, -0.05) is 30.3 Å². The molecule has 0 saturated heterocycles. The lowest BCUT2D eigenvalue weighted by atomic mass is 10.1. The Labute approximate surface area is 191 Å². The third kappa shape index (κ3) is 6.26. The molecule has 0 radical (unpaired) electrons. The molecule has 3 aromatic rings. The van der Waals surface area contributed by atoms with Gasteiger partial charge in [0.25, 0.3) is 0 Å². The fraction of sp³-hybridized carbons (Fsp3) is 0.261. The smallest absolute Gasteiger partial charge is 0.344 e. The molecule has 1 heterocycles. The lowest BCUT2D eigenvalue weighted by molar-refractivity contribution is -0.141. The third-order valence-electron chi connectivity index (χ3n) is 4.71. The van der Waals surface area contributed by atoms with Crippen molar-refractivity contribution in [3.63, 3.8) is 0 Å². The molecule has 0 aliphatic carbocycles. The fourth-order valence-corrected chi connectivity index (χ4v) is 3.43. The maximum absolute atomic E-state index is 13.8. The van der Waals surface area contributed by atoms with Crippen LogP contribution >= 0.6 is 0 Å². The first-order chi connectivity index (χ1) is 15.6. The largest absolute Gasteiger partial charge is 0.467 e. The van der Waals surface area contributed by atoms with Gasteiger partial charge in [0.2, 0.25) is 5.00 Å². The molecule has 0 spiro atoms. The summed E-state index contributed by atoms with van der Waals surface area (Å²) in [6, 6.07) is 16.5. The Morgan fingerprint density at radius 3 is 2.36 bits per heavy atom. The summed E-state index contributed by atoms with van der Waals surface area (Å²) in [4.78, 5) is 20.7. The second-order valence-corrected chi connectivity index (χ2v) is 9.67. The molecule has 1 N–H and O–H groups in total.